The van der Waals surface area contributed by atoms with Crippen LogP contribution in [0, 0.1) is 5.41 Å². The van der Waals surface area contributed by atoms with Crippen molar-refractivity contribution in [2.75, 3.05) is 0 Å². The van der Waals surface area contributed by atoms with E-state index in [1.54, 1.807) is 0 Å². The third-order valence-corrected chi connectivity index (χ3v) is 2.78. The van der Waals surface area contributed by atoms with E-state index in [0.717, 1.165) is 25.1 Å². The van der Waals surface area contributed by atoms with Crippen LogP contribution in [0.4, 0.5) is 0 Å². The number of hydrogen-bond donors (Lipinski definition) is 0. The van der Waals surface area contributed by atoms with Crippen molar-refractivity contribution in [3.63, 3.8) is 0 Å². The first kappa shape index (κ1) is 15.1. The summed E-state index contributed by atoms with van der Waals surface area (Å²) < 4.78 is 0.328. The standard InChI is InChI=1S/C11H18Cl3N3/c1-5-6-17-8(7-10(2,3)4)9(15-16-17)11(12,13)14/h5-7H2,1-4H3. The van der Waals surface area contributed by atoms with Crippen LogP contribution in [0.5, 0.6) is 0 Å². The molecule has 1 aromatic heterocycles. The van der Waals surface area contributed by atoms with Crippen molar-refractivity contribution in [3.8, 4) is 0 Å². The maximum Gasteiger partial charge on any atom is 0.236 e. The Hall–Kier alpha value is 0.01000. The lowest BCUT2D eigenvalue weighted by Crippen LogP contribution is -2.17. The van der Waals surface area contributed by atoms with Crippen molar-refractivity contribution in [2.45, 2.75) is 50.9 Å². The Morgan fingerprint density at radius 3 is 2.18 bits per heavy atom. The molecule has 6 heteroatoms. The molecular weight excluding hydrogens is 281 g/mol. The first-order valence-corrected chi connectivity index (χ1v) is 6.78. The van der Waals surface area contributed by atoms with E-state index in [1.165, 1.54) is 0 Å². The summed E-state index contributed by atoms with van der Waals surface area (Å²) in [5, 5.41) is 8.08. The molecule has 1 aromatic rings. The monoisotopic (exact) mass is 297 g/mol. The number of rotatable bonds is 3. The van der Waals surface area contributed by atoms with Gasteiger partial charge < -0.3 is 0 Å². The molecule has 0 aromatic carbocycles. The smallest absolute Gasteiger partial charge is 0.236 e. The van der Waals surface area contributed by atoms with E-state index in [-0.39, 0.29) is 5.41 Å². The summed E-state index contributed by atoms with van der Waals surface area (Å²) in [5.74, 6) is 0. The van der Waals surface area contributed by atoms with Crippen LogP contribution in [0.15, 0.2) is 0 Å². The van der Waals surface area contributed by atoms with Gasteiger partial charge in [0.05, 0.1) is 5.69 Å². The molecule has 98 valence electrons. The fourth-order valence-electron chi connectivity index (χ4n) is 1.62. The Bertz CT molecular complexity index is 374. The van der Waals surface area contributed by atoms with Crippen LogP contribution in [0.1, 0.15) is 45.5 Å². The molecule has 0 saturated carbocycles. The maximum atomic E-state index is 5.92. The van der Waals surface area contributed by atoms with Crippen LogP contribution in [0.2, 0.25) is 0 Å². The van der Waals surface area contributed by atoms with Crippen LogP contribution >= 0.6 is 34.8 Å². The third-order valence-electron chi connectivity index (χ3n) is 2.24. The van der Waals surface area contributed by atoms with Crippen LogP contribution < -0.4 is 0 Å². The van der Waals surface area contributed by atoms with Crippen molar-refractivity contribution < 1.29 is 0 Å². The fourth-order valence-corrected chi connectivity index (χ4v) is 2.06. The molecule has 1 heterocycles. The van der Waals surface area contributed by atoms with E-state index < -0.39 is 3.79 Å². The van der Waals surface area contributed by atoms with Gasteiger partial charge in [0.15, 0.2) is 0 Å². The van der Waals surface area contributed by atoms with Gasteiger partial charge in [-0.05, 0) is 18.3 Å². The van der Waals surface area contributed by atoms with Crippen LogP contribution in [0.3, 0.4) is 0 Å². The molecule has 0 radical (unpaired) electrons. The lowest BCUT2D eigenvalue weighted by molar-refractivity contribution is 0.389. The average Bonchev–Trinajstić information content (AvgIpc) is 2.45. The molecule has 17 heavy (non-hydrogen) atoms. The third kappa shape index (κ3) is 4.31. The topological polar surface area (TPSA) is 30.7 Å². The largest absolute Gasteiger partial charge is 0.249 e. The molecule has 0 aliphatic heterocycles. The fraction of sp³-hybridized carbons (Fsp3) is 0.818. The molecule has 0 unspecified atom stereocenters. The molecule has 3 nitrogen and oxygen atoms in total. The van der Waals surface area contributed by atoms with Crippen molar-refractivity contribution in [1.82, 2.24) is 15.0 Å². The SMILES string of the molecule is CCCn1nnc(C(Cl)(Cl)Cl)c1CC(C)(C)C. The van der Waals surface area contributed by atoms with Crippen LogP contribution in [0.25, 0.3) is 0 Å². The van der Waals surface area contributed by atoms with Gasteiger partial charge >= 0.3 is 0 Å². The predicted octanol–water partition coefficient (Wildman–Crippen LogP) is 4.10. The van der Waals surface area contributed by atoms with Gasteiger partial charge in [-0.25, -0.2) is 4.68 Å². The number of alkyl halides is 3. The number of halogens is 3. The maximum absolute atomic E-state index is 5.92. The van der Waals surface area contributed by atoms with Gasteiger partial charge in [0.1, 0.15) is 5.69 Å². The van der Waals surface area contributed by atoms with Crippen molar-refractivity contribution >= 4 is 34.8 Å². The Labute approximate surface area is 117 Å². The van der Waals surface area contributed by atoms with Crippen molar-refractivity contribution in [1.29, 1.82) is 0 Å². The van der Waals surface area contributed by atoms with Crippen LogP contribution in [-0.4, -0.2) is 15.0 Å². The molecule has 0 N–H and O–H groups in total. The molecule has 0 saturated heterocycles. The molecular formula is C11H18Cl3N3. The number of aryl methyl sites for hydroxylation is 1. The van der Waals surface area contributed by atoms with E-state index in [2.05, 4.69) is 38.0 Å². The van der Waals surface area contributed by atoms with Gasteiger partial charge in [0, 0.05) is 6.54 Å². The molecule has 0 amide bonds. The highest BCUT2D eigenvalue weighted by atomic mass is 35.6. The van der Waals surface area contributed by atoms with E-state index in [9.17, 15) is 0 Å². The van der Waals surface area contributed by atoms with Gasteiger partial charge in [-0.2, -0.15) is 0 Å². The number of nitrogens with zero attached hydrogens (tertiary/aromatic N) is 3. The summed E-state index contributed by atoms with van der Waals surface area (Å²) in [7, 11) is 0. The average molecular weight is 299 g/mol. The summed E-state index contributed by atoms with van der Waals surface area (Å²) in [6, 6.07) is 0. The lowest BCUT2D eigenvalue weighted by Gasteiger charge is -2.20. The Kier molecular flexibility index (Phi) is 4.73. The summed E-state index contributed by atoms with van der Waals surface area (Å²) >= 11 is 17.8. The zero-order valence-corrected chi connectivity index (χ0v) is 12.9. The van der Waals surface area contributed by atoms with E-state index in [0.29, 0.717) is 5.69 Å². The molecule has 0 bridgehead atoms. The zero-order valence-electron chi connectivity index (χ0n) is 10.6. The summed E-state index contributed by atoms with van der Waals surface area (Å²) in [5.41, 5.74) is 1.46. The van der Waals surface area contributed by atoms with Gasteiger partial charge in [-0.15, -0.1) is 5.10 Å². The van der Waals surface area contributed by atoms with Gasteiger partial charge in [0.25, 0.3) is 0 Å². The second kappa shape index (κ2) is 5.33. The van der Waals surface area contributed by atoms with Gasteiger partial charge in [-0.1, -0.05) is 67.7 Å². The molecule has 0 aliphatic rings. The first-order valence-electron chi connectivity index (χ1n) is 5.64. The predicted molar refractivity (Wildman–Crippen MR) is 72.7 cm³/mol. The van der Waals surface area contributed by atoms with Gasteiger partial charge in [0.2, 0.25) is 3.79 Å². The van der Waals surface area contributed by atoms with Crippen molar-refractivity contribution in [2.24, 2.45) is 5.41 Å². The second-order valence-electron chi connectivity index (χ2n) is 5.34. The summed E-state index contributed by atoms with van der Waals surface area (Å²) in [4.78, 5) is 0. The minimum Gasteiger partial charge on any atom is -0.249 e. The van der Waals surface area contributed by atoms with E-state index in [1.807, 2.05) is 4.68 Å². The molecule has 0 aliphatic carbocycles. The quantitative estimate of drug-likeness (QED) is 0.786. The van der Waals surface area contributed by atoms with Crippen molar-refractivity contribution in [3.05, 3.63) is 11.4 Å². The Morgan fingerprint density at radius 1 is 1.18 bits per heavy atom. The zero-order chi connectivity index (χ0) is 13.3. The van der Waals surface area contributed by atoms with E-state index in [4.69, 9.17) is 34.8 Å². The number of hydrogen-bond acceptors (Lipinski definition) is 2. The normalized spacial score (nSPS) is 13.1. The highest BCUT2D eigenvalue weighted by molar-refractivity contribution is 6.66. The molecule has 0 atom stereocenters. The minimum absolute atomic E-state index is 0.0951. The minimum atomic E-state index is -1.51. The second-order valence-corrected chi connectivity index (χ2v) is 7.62. The molecule has 0 fully saturated rings. The Balaban J connectivity index is 3.15. The Morgan fingerprint density at radius 2 is 1.76 bits per heavy atom. The summed E-state index contributed by atoms with van der Waals surface area (Å²) in [6.45, 7) is 9.28. The van der Waals surface area contributed by atoms with Gasteiger partial charge in [-0.3, -0.25) is 0 Å². The number of aromatic nitrogens is 3. The van der Waals surface area contributed by atoms with E-state index >= 15 is 0 Å². The molecule has 0 spiro atoms. The highest BCUT2D eigenvalue weighted by Crippen LogP contribution is 2.40. The molecule has 1 rings (SSSR count). The summed E-state index contributed by atoms with van der Waals surface area (Å²) in [6.07, 6.45) is 1.75. The highest BCUT2D eigenvalue weighted by Gasteiger charge is 2.33. The first-order chi connectivity index (χ1) is 7.65. The lowest BCUT2D eigenvalue weighted by atomic mass is 9.90. The van der Waals surface area contributed by atoms with Crippen LogP contribution in [-0.2, 0) is 16.8 Å².